The highest BCUT2D eigenvalue weighted by Crippen LogP contribution is 2.32. The van der Waals surface area contributed by atoms with E-state index >= 15 is 0 Å². The zero-order chi connectivity index (χ0) is 20.4. The predicted octanol–water partition coefficient (Wildman–Crippen LogP) is 2.28. The molecule has 0 saturated heterocycles. The van der Waals surface area contributed by atoms with Crippen molar-refractivity contribution in [2.45, 2.75) is 38.0 Å². The molecule has 1 aliphatic carbocycles. The molecule has 2 aromatic rings. The molecule has 1 aliphatic heterocycles. The number of hydrogen-bond acceptors (Lipinski definition) is 6. The average Bonchev–Trinajstić information content (AvgIpc) is 3.30. The zero-order valence-corrected chi connectivity index (χ0v) is 16.5. The van der Waals surface area contributed by atoms with Crippen molar-refractivity contribution in [1.82, 2.24) is 14.9 Å². The molecule has 1 aromatic heterocycles. The number of fused-ring (bicyclic) bond motifs is 1. The number of anilines is 1. The summed E-state index contributed by atoms with van der Waals surface area (Å²) in [6.45, 7) is 0.110. The Bertz CT molecular complexity index is 959. The number of hydrogen-bond donors (Lipinski definition) is 3. The van der Waals surface area contributed by atoms with E-state index < -0.39 is 5.97 Å². The fourth-order valence-electron chi connectivity index (χ4n) is 4.17. The number of benzene rings is 1. The van der Waals surface area contributed by atoms with Crippen molar-refractivity contribution in [1.29, 1.82) is 0 Å². The highest BCUT2D eigenvalue weighted by Gasteiger charge is 2.34. The molecule has 0 bridgehead atoms. The molecule has 29 heavy (non-hydrogen) atoms. The second kappa shape index (κ2) is 8.24. The molecule has 154 valence electrons. The molecule has 0 radical (unpaired) electrons. The number of nitrogens with one attached hydrogen (secondary N) is 2. The van der Waals surface area contributed by atoms with Crippen LogP contribution in [0, 0.1) is 0 Å². The lowest BCUT2D eigenvalue weighted by atomic mass is 9.89. The summed E-state index contributed by atoms with van der Waals surface area (Å²) >= 11 is 0. The Morgan fingerprint density at radius 3 is 2.86 bits per heavy atom. The molecule has 2 aliphatic rings. The SMILES string of the molecule is COC(=O)C1=C(Nc2ccc3nc(C4CCCCC4)[nH]c3c2)C(=O)N(CCO)C1. The first-order chi connectivity index (χ1) is 14.1. The fraction of sp³-hybridized carbons (Fsp3) is 0.476. The number of esters is 1. The molecule has 4 rings (SSSR count). The van der Waals surface area contributed by atoms with Crippen LogP contribution in [0.25, 0.3) is 11.0 Å². The third-order valence-corrected chi connectivity index (χ3v) is 5.71. The standard InChI is InChI=1S/C21H26N4O4/c1-29-21(28)15-12-25(9-10-26)20(27)18(15)22-14-7-8-16-17(11-14)24-19(23-16)13-5-3-2-4-6-13/h7-8,11,13,22,26H,2-6,9-10,12H2,1H3,(H,23,24). The van der Waals surface area contributed by atoms with Crippen LogP contribution in [0.15, 0.2) is 29.5 Å². The average molecular weight is 398 g/mol. The quantitative estimate of drug-likeness (QED) is 0.645. The van der Waals surface area contributed by atoms with Gasteiger partial charge in [0.1, 0.15) is 11.5 Å². The maximum Gasteiger partial charge on any atom is 0.337 e. The maximum absolute atomic E-state index is 12.7. The highest BCUT2D eigenvalue weighted by molar-refractivity contribution is 6.08. The van der Waals surface area contributed by atoms with Crippen LogP contribution < -0.4 is 5.32 Å². The number of nitrogens with zero attached hydrogens (tertiary/aromatic N) is 2. The van der Waals surface area contributed by atoms with E-state index in [1.165, 1.54) is 31.3 Å². The molecular weight excluding hydrogens is 372 g/mol. The first-order valence-corrected chi connectivity index (χ1v) is 10.1. The minimum Gasteiger partial charge on any atom is -0.466 e. The second-order valence-corrected chi connectivity index (χ2v) is 7.61. The number of aromatic amines is 1. The lowest BCUT2D eigenvalue weighted by molar-refractivity contribution is -0.136. The van der Waals surface area contributed by atoms with Gasteiger partial charge < -0.3 is 25.0 Å². The summed E-state index contributed by atoms with van der Waals surface area (Å²) in [6.07, 6.45) is 6.10. The Morgan fingerprint density at radius 1 is 1.34 bits per heavy atom. The Kier molecular flexibility index (Phi) is 5.53. The topological polar surface area (TPSA) is 108 Å². The molecule has 8 heteroatoms. The van der Waals surface area contributed by atoms with Gasteiger partial charge in [0.05, 0.1) is 36.9 Å². The number of ether oxygens (including phenoxy) is 1. The van der Waals surface area contributed by atoms with E-state index in [2.05, 4.69) is 10.3 Å². The van der Waals surface area contributed by atoms with Crippen molar-refractivity contribution in [2.24, 2.45) is 0 Å². The highest BCUT2D eigenvalue weighted by atomic mass is 16.5. The Balaban J connectivity index is 1.60. The number of carbonyl (C=O) groups is 2. The van der Waals surface area contributed by atoms with Crippen LogP contribution in [0.1, 0.15) is 43.8 Å². The van der Waals surface area contributed by atoms with Crippen LogP contribution in [-0.4, -0.2) is 58.7 Å². The summed E-state index contributed by atoms with van der Waals surface area (Å²) < 4.78 is 4.82. The molecule has 0 spiro atoms. The number of aliphatic hydroxyl groups excluding tert-OH is 1. The summed E-state index contributed by atoms with van der Waals surface area (Å²) in [6, 6.07) is 5.65. The summed E-state index contributed by atoms with van der Waals surface area (Å²) in [7, 11) is 1.29. The Morgan fingerprint density at radius 2 is 2.14 bits per heavy atom. The Labute approximate surface area is 168 Å². The molecular formula is C21H26N4O4. The van der Waals surface area contributed by atoms with Gasteiger partial charge in [-0.1, -0.05) is 19.3 Å². The van der Waals surface area contributed by atoms with E-state index in [0.717, 1.165) is 29.7 Å². The van der Waals surface area contributed by atoms with Crippen molar-refractivity contribution >= 4 is 28.6 Å². The summed E-state index contributed by atoms with van der Waals surface area (Å²) in [5, 5.41) is 12.3. The minimum atomic E-state index is -0.552. The maximum atomic E-state index is 12.7. The van der Waals surface area contributed by atoms with Crippen LogP contribution in [0.5, 0.6) is 0 Å². The van der Waals surface area contributed by atoms with E-state index in [1.54, 1.807) is 0 Å². The molecule has 1 saturated carbocycles. The largest absolute Gasteiger partial charge is 0.466 e. The number of methoxy groups -OCH3 is 1. The van der Waals surface area contributed by atoms with Crippen molar-refractivity contribution in [2.75, 3.05) is 32.1 Å². The van der Waals surface area contributed by atoms with Gasteiger partial charge in [-0.05, 0) is 31.0 Å². The van der Waals surface area contributed by atoms with Crippen molar-refractivity contribution in [3.05, 3.63) is 35.3 Å². The van der Waals surface area contributed by atoms with Gasteiger partial charge in [0.2, 0.25) is 0 Å². The van der Waals surface area contributed by atoms with Gasteiger partial charge in [-0.15, -0.1) is 0 Å². The van der Waals surface area contributed by atoms with Crippen LogP contribution in [0.2, 0.25) is 0 Å². The van der Waals surface area contributed by atoms with E-state index in [1.807, 2.05) is 18.2 Å². The number of aliphatic hydroxyl groups is 1. The van der Waals surface area contributed by atoms with E-state index in [9.17, 15) is 14.7 Å². The zero-order valence-electron chi connectivity index (χ0n) is 16.5. The van der Waals surface area contributed by atoms with Crippen molar-refractivity contribution in [3.63, 3.8) is 0 Å². The number of aromatic nitrogens is 2. The smallest absolute Gasteiger partial charge is 0.337 e. The Hall–Kier alpha value is -2.87. The molecule has 3 N–H and O–H groups in total. The normalized spacial score (nSPS) is 18.0. The number of rotatable bonds is 6. The number of imidazole rings is 1. The van der Waals surface area contributed by atoms with Gasteiger partial charge in [0.15, 0.2) is 0 Å². The number of amides is 1. The molecule has 2 heterocycles. The van der Waals surface area contributed by atoms with Gasteiger partial charge in [-0.2, -0.15) is 0 Å². The van der Waals surface area contributed by atoms with Gasteiger partial charge in [-0.25, -0.2) is 9.78 Å². The van der Waals surface area contributed by atoms with Gasteiger partial charge >= 0.3 is 5.97 Å². The summed E-state index contributed by atoms with van der Waals surface area (Å²) in [4.78, 5) is 34.4. The summed E-state index contributed by atoms with van der Waals surface area (Å²) in [5.41, 5.74) is 2.92. The molecule has 0 atom stereocenters. The lowest BCUT2D eigenvalue weighted by Crippen LogP contribution is -2.31. The second-order valence-electron chi connectivity index (χ2n) is 7.61. The van der Waals surface area contributed by atoms with Gasteiger partial charge in [-0.3, -0.25) is 4.79 Å². The minimum absolute atomic E-state index is 0.118. The van der Waals surface area contributed by atoms with Crippen molar-refractivity contribution < 1.29 is 19.4 Å². The number of H-pyrrole nitrogens is 1. The third kappa shape index (κ3) is 3.85. The number of β-amino-alcohol motifs (C(OH)–C–C–N with tert-alkyl or cyclic N) is 1. The fourth-order valence-corrected chi connectivity index (χ4v) is 4.17. The molecule has 1 fully saturated rings. The van der Waals surface area contributed by atoms with Gasteiger partial charge in [0, 0.05) is 18.2 Å². The van der Waals surface area contributed by atoms with Gasteiger partial charge in [0.25, 0.3) is 5.91 Å². The molecule has 8 nitrogen and oxygen atoms in total. The predicted molar refractivity (Wildman–Crippen MR) is 108 cm³/mol. The summed E-state index contributed by atoms with van der Waals surface area (Å²) in [5.74, 6) is 0.623. The first-order valence-electron chi connectivity index (χ1n) is 10.1. The van der Waals surface area contributed by atoms with Crippen LogP contribution in [-0.2, 0) is 14.3 Å². The van der Waals surface area contributed by atoms with Crippen LogP contribution >= 0.6 is 0 Å². The van der Waals surface area contributed by atoms with E-state index in [4.69, 9.17) is 9.72 Å². The van der Waals surface area contributed by atoms with E-state index in [0.29, 0.717) is 11.6 Å². The number of carbonyl (C=O) groups excluding carboxylic acids is 2. The molecule has 0 unspecified atom stereocenters. The van der Waals surface area contributed by atoms with Crippen LogP contribution in [0.3, 0.4) is 0 Å². The van der Waals surface area contributed by atoms with E-state index in [-0.39, 0.29) is 36.9 Å². The third-order valence-electron chi connectivity index (χ3n) is 5.71. The lowest BCUT2D eigenvalue weighted by Gasteiger charge is -2.18. The molecule has 1 amide bonds. The van der Waals surface area contributed by atoms with Crippen molar-refractivity contribution in [3.8, 4) is 0 Å². The first kappa shape index (κ1) is 19.4. The monoisotopic (exact) mass is 398 g/mol. The van der Waals surface area contributed by atoms with Crippen LogP contribution in [0.4, 0.5) is 5.69 Å². The molecule has 1 aromatic carbocycles.